The van der Waals surface area contributed by atoms with Crippen molar-refractivity contribution in [1.82, 2.24) is 0 Å². The highest BCUT2D eigenvalue weighted by atomic mass is 32.2. The van der Waals surface area contributed by atoms with E-state index in [4.69, 9.17) is 4.55 Å². The first kappa shape index (κ1) is 16.1. The summed E-state index contributed by atoms with van der Waals surface area (Å²) in [4.78, 5) is -0.218. The highest BCUT2D eigenvalue weighted by Crippen LogP contribution is 2.36. The molecule has 24 heavy (non-hydrogen) atoms. The Bertz CT molecular complexity index is 1040. The summed E-state index contributed by atoms with van der Waals surface area (Å²) in [5, 5.41) is 19.8. The first-order valence-corrected chi connectivity index (χ1v) is 8.50. The largest absolute Gasteiger partial charge is 0.506 e. The zero-order chi connectivity index (χ0) is 17.3. The van der Waals surface area contributed by atoms with Gasteiger partial charge in [-0.3, -0.25) is 4.55 Å². The molecule has 0 aliphatic heterocycles. The Morgan fingerprint density at radius 1 is 0.917 bits per heavy atom. The van der Waals surface area contributed by atoms with E-state index in [1.165, 1.54) is 24.3 Å². The number of azo groups is 1. The zero-order valence-corrected chi connectivity index (χ0v) is 13.5. The summed E-state index contributed by atoms with van der Waals surface area (Å²) in [6, 6.07) is 14.4. The third-order valence-corrected chi connectivity index (χ3v) is 4.39. The van der Waals surface area contributed by atoms with Crippen LogP contribution >= 0.6 is 0 Å². The molecule has 0 aliphatic carbocycles. The monoisotopic (exact) mass is 342 g/mol. The van der Waals surface area contributed by atoms with Crippen molar-refractivity contribution in [2.24, 2.45) is 10.2 Å². The molecule has 122 valence electrons. The maximum absolute atomic E-state index is 11.0. The van der Waals surface area contributed by atoms with E-state index in [-0.39, 0.29) is 10.6 Å². The van der Waals surface area contributed by atoms with Gasteiger partial charge in [-0.05, 0) is 42.6 Å². The second-order valence-corrected chi connectivity index (χ2v) is 6.75. The van der Waals surface area contributed by atoms with Gasteiger partial charge in [-0.15, -0.1) is 5.11 Å². The van der Waals surface area contributed by atoms with Gasteiger partial charge in [0.15, 0.2) is 0 Å². The molecule has 7 heteroatoms. The van der Waals surface area contributed by atoms with Crippen molar-refractivity contribution >= 4 is 32.3 Å². The van der Waals surface area contributed by atoms with Crippen LogP contribution in [0.25, 0.3) is 10.8 Å². The molecule has 0 aromatic heterocycles. The van der Waals surface area contributed by atoms with Gasteiger partial charge in [0.25, 0.3) is 10.1 Å². The predicted molar refractivity (Wildman–Crippen MR) is 90.8 cm³/mol. The minimum absolute atomic E-state index is 0.00431. The van der Waals surface area contributed by atoms with Crippen LogP contribution in [0.3, 0.4) is 0 Å². The maximum Gasteiger partial charge on any atom is 0.294 e. The van der Waals surface area contributed by atoms with Gasteiger partial charge in [-0.2, -0.15) is 13.5 Å². The van der Waals surface area contributed by atoms with Gasteiger partial charge < -0.3 is 5.11 Å². The number of aryl methyl sites for hydroxylation is 1. The van der Waals surface area contributed by atoms with Crippen molar-refractivity contribution in [2.75, 3.05) is 0 Å². The summed E-state index contributed by atoms with van der Waals surface area (Å²) >= 11 is 0. The average Bonchev–Trinajstić information content (AvgIpc) is 2.53. The van der Waals surface area contributed by atoms with Crippen LogP contribution in [0.4, 0.5) is 11.4 Å². The molecular weight excluding hydrogens is 328 g/mol. The molecule has 0 radical (unpaired) electrons. The molecule has 0 aliphatic rings. The Balaban J connectivity index is 2.00. The minimum atomic E-state index is -4.24. The molecule has 6 nitrogen and oxygen atoms in total. The van der Waals surface area contributed by atoms with E-state index in [0.29, 0.717) is 11.4 Å². The third kappa shape index (κ3) is 3.27. The highest BCUT2D eigenvalue weighted by Gasteiger charge is 2.09. The Morgan fingerprint density at radius 2 is 1.62 bits per heavy atom. The number of phenols is 1. The fourth-order valence-corrected chi connectivity index (χ4v) is 2.80. The molecule has 3 aromatic carbocycles. The van der Waals surface area contributed by atoms with Crippen molar-refractivity contribution in [3.8, 4) is 5.75 Å². The third-order valence-electron chi connectivity index (χ3n) is 3.53. The van der Waals surface area contributed by atoms with E-state index in [1.54, 1.807) is 12.1 Å². The number of hydrogen-bond acceptors (Lipinski definition) is 5. The lowest BCUT2D eigenvalue weighted by Gasteiger charge is -2.05. The van der Waals surface area contributed by atoms with Crippen molar-refractivity contribution in [3.63, 3.8) is 0 Å². The second-order valence-electron chi connectivity index (χ2n) is 5.33. The van der Waals surface area contributed by atoms with Crippen LogP contribution in [0, 0.1) is 6.92 Å². The van der Waals surface area contributed by atoms with Crippen LogP contribution in [0.15, 0.2) is 69.7 Å². The standard InChI is InChI=1S/C17H14N2O4S/c1-11-2-8-15-12(10-11)3-9-16(20)17(15)19-18-13-4-6-14(7-5-13)24(21,22)23/h2-10,20H,1H3,(H,21,22,23)/b19-18+. The second kappa shape index (κ2) is 6.03. The molecule has 0 saturated carbocycles. The topological polar surface area (TPSA) is 99.3 Å². The number of hydrogen-bond donors (Lipinski definition) is 2. The fourth-order valence-electron chi connectivity index (χ4n) is 2.32. The summed E-state index contributed by atoms with van der Waals surface area (Å²) in [5.41, 5.74) is 1.83. The summed E-state index contributed by atoms with van der Waals surface area (Å²) in [6.45, 7) is 1.98. The number of aromatic hydroxyl groups is 1. The van der Waals surface area contributed by atoms with Gasteiger partial charge in [0.1, 0.15) is 11.4 Å². The zero-order valence-electron chi connectivity index (χ0n) is 12.7. The van der Waals surface area contributed by atoms with E-state index in [0.717, 1.165) is 16.3 Å². The number of benzene rings is 3. The average molecular weight is 342 g/mol. The van der Waals surface area contributed by atoms with E-state index in [2.05, 4.69) is 10.2 Å². The van der Waals surface area contributed by atoms with Crippen molar-refractivity contribution in [1.29, 1.82) is 0 Å². The first-order chi connectivity index (χ1) is 11.3. The number of rotatable bonds is 3. The van der Waals surface area contributed by atoms with E-state index in [1.807, 2.05) is 25.1 Å². The lowest BCUT2D eigenvalue weighted by atomic mass is 10.1. The molecular formula is C17H14N2O4S. The highest BCUT2D eigenvalue weighted by molar-refractivity contribution is 7.85. The lowest BCUT2D eigenvalue weighted by molar-refractivity contribution is 0.477. The number of phenolic OH excluding ortho intramolecular Hbond substituents is 1. The molecule has 0 atom stereocenters. The van der Waals surface area contributed by atoms with Gasteiger partial charge in [0.2, 0.25) is 0 Å². The Kier molecular flexibility index (Phi) is 4.04. The van der Waals surface area contributed by atoms with Crippen molar-refractivity contribution in [3.05, 3.63) is 60.2 Å². The molecule has 0 fully saturated rings. The molecule has 0 heterocycles. The van der Waals surface area contributed by atoms with Gasteiger partial charge >= 0.3 is 0 Å². The molecule has 3 aromatic rings. The molecule has 2 N–H and O–H groups in total. The van der Waals surface area contributed by atoms with Crippen LogP contribution < -0.4 is 0 Å². The Hall–Kier alpha value is -2.77. The van der Waals surface area contributed by atoms with Crippen molar-refractivity contribution in [2.45, 2.75) is 11.8 Å². The Morgan fingerprint density at radius 3 is 2.29 bits per heavy atom. The van der Waals surface area contributed by atoms with Crippen LogP contribution in [-0.2, 0) is 10.1 Å². The summed E-state index contributed by atoms with van der Waals surface area (Å²) in [7, 11) is -4.24. The smallest absolute Gasteiger partial charge is 0.294 e. The fraction of sp³-hybridized carbons (Fsp3) is 0.0588. The van der Waals surface area contributed by atoms with Crippen LogP contribution in [0.5, 0.6) is 5.75 Å². The van der Waals surface area contributed by atoms with Gasteiger partial charge in [0, 0.05) is 5.39 Å². The van der Waals surface area contributed by atoms with Crippen LogP contribution in [-0.4, -0.2) is 18.1 Å². The Labute approximate surface area is 138 Å². The summed E-state index contributed by atoms with van der Waals surface area (Å²) in [6.07, 6.45) is 0. The van der Waals surface area contributed by atoms with E-state index < -0.39 is 10.1 Å². The molecule has 0 spiro atoms. The summed E-state index contributed by atoms with van der Waals surface area (Å²) < 4.78 is 31.0. The molecule has 0 bridgehead atoms. The number of fused-ring (bicyclic) bond motifs is 1. The molecule has 3 rings (SSSR count). The predicted octanol–water partition coefficient (Wildman–Crippen LogP) is 4.52. The molecule has 0 amide bonds. The van der Waals surface area contributed by atoms with Gasteiger partial charge in [-0.1, -0.05) is 29.8 Å². The normalized spacial score (nSPS) is 12.1. The molecule has 0 unspecified atom stereocenters. The molecule has 0 saturated heterocycles. The van der Waals surface area contributed by atoms with Crippen LogP contribution in [0.1, 0.15) is 5.56 Å². The van der Waals surface area contributed by atoms with Gasteiger partial charge in [0.05, 0.1) is 10.6 Å². The van der Waals surface area contributed by atoms with E-state index >= 15 is 0 Å². The summed E-state index contributed by atoms with van der Waals surface area (Å²) in [5.74, 6) is 0.00431. The SMILES string of the molecule is Cc1ccc2c(/N=N/c3ccc(S(=O)(=O)O)cc3)c(O)ccc2c1. The minimum Gasteiger partial charge on any atom is -0.506 e. The van der Waals surface area contributed by atoms with E-state index in [9.17, 15) is 13.5 Å². The van der Waals surface area contributed by atoms with Gasteiger partial charge in [-0.25, -0.2) is 0 Å². The maximum atomic E-state index is 11.0. The quantitative estimate of drug-likeness (QED) is 0.540. The first-order valence-electron chi connectivity index (χ1n) is 7.06. The number of nitrogens with zero attached hydrogens (tertiary/aromatic N) is 2. The van der Waals surface area contributed by atoms with Crippen LogP contribution in [0.2, 0.25) is 0 Å². The van der Waals surface area contributed by atoms with Crippen molar-refractivity contribution < 1.29 is 18.1 Å². The lowest BCUT2D eigenvalue weighted by Crippen LogP contribution is -1.96.